The van der Waals surface area contributed by atoms with Crippen LogP contribution in [-0.4, -0.2) is 10.9 Å². The predicted molar refractivity (Wildman–Crippen MR) is 81.3 cm³/mol. The average molecular weight is 343 g/mol. The lowest BCUT2D eigenvalue weighted by Gasteiger charge is -2.22. The molecule has 1 aromatic rings. The number of rotatable bonds is 5. The summed E-state index contributed by atoms with van der Waals surface area (Å²) in [5.74, 6) is -1.60. The quantitative estimate of drug-likeness (QED) is 0.608. The molecule has 0 N–H and O–H groups in total. The van der Waals surface area contributed by atoms with E-state index in [2.05, 4.69) is 0 Å². The lowest BCUT2D eigenvalue weighted by Crippen LogP contribution is -2.38. The molecule has 2 rings (SSSR count). The van der Waals surface area contributed by atoms with E-state index >= 15 is 0 Å². The van der Waals surface area contributed by atoms with Gasteiger partial charge in [0.2, 0.25) is 0 Å². The summed E-state index contributed by atoms with van der Waals surface area (Å²) in [6.07, 6.45) is 1.61. The maximum atomic E-state index is 11.8. The van der Waals surface area contributed by atoms with E-state index in [0.29, 0.717) is 5.56 Å². The van der Waals surface area contributed by atoms with Crippen molar-refractivity contribution >= 4 is 34.9 Å². The van der Waals surface area contributed by atoms with Crippen LogP contribution in [0.4, 0.5) is 5.69 Å². The molecular formula is C15H14Cl2NO4-. The highest BCUT2D eigenvalue weighted by molar-refractivity contribution is 6.55. The SMILES string of the molecule is CC1(C)[C@H](C=C(Cl)Cl)[C@@]1(Cc1cccc([N+](=O)[O-])c1)C(=O)[O-]. The number of nitrogens with zero attached hydrogens (tertiary/aromatic N) is 1. The monoisotopic (exact) mass is 342 g/mol. The maximum absolute atomic E-state index is 11.8. The third-order valence-corrected chi connectivity index (χ3v) is 4.89. The molecule has 0 unspecified atom stereocenters. The van der Waals surface area contributed by atoms with E-state index in [1.165, 1.54) is 24.3 Å². The summed E-state index contributed by atoms with van der Waals surface area (Å²) in [7, 11) is 0. The third kappa shape index (κ3) is 2.59. The van der Waals surface area contributed by atoms with Gasteiger partial charge in [-0.2, -0.15) is 0 Å². The van der Waals surface area contributed by atoms with Gasteiger partial charge in [-0.1, -0.05) is 49.2 Å². The standard InChI is InChI=1S/C15H15Cl2NO4/c1-14(2)11(7-12(16)17)15(14,13(19)20)8-9-4-3-5-10(6-9)18(21)22/h3-7,11H,8H2,1-2H3,(H,19,20)/p-1/t11-,15-/m0/s1. The van der Waals surface area contributed by atoms with E-state index in [1.54, 1.807) is 19.9 Å². The molecule has 0 amide bonds. The van der Waals surface area contributed by atoms with Crippen molar-refractivity contribution in [3.63, 3.8) is 0 Å². The summed E-state index contributed by atoms with van der Waals surface area (Å²) in [5, 5.41) is 22.6. The van der Waals surface area contributed by atoms with Crippen LogP contribution in [0.3, 0.4) is 0 Å². The lowest BCUT2D eigenvalue weighted by molar-refractivity contribution is -0.384. The first-order chi connectivity index (χ1) is 10.1. The number of non-ortho nitro benzene ring substituents is 1. The van der Waals surface area contributed by atoms with E-state index in [0.717, 1.165) is 0 Å². The highest BCUT2D eigenvalue weighted by Crippen LogP contribution is 2.71. The molecule has 1 aliphatic rings. The van der Waals surface area contributed by atoms with Crippen LogP contribution < -0.4 is 5.11 Å². The van der Waals surface area contributed by atoms with Crippen LogP contribution in [0.15, 0.2) is 34.8 Å². The number of carboxylic acids is 1. The fraction of sp³-hybridized carbons (Fsp3) is 0.400. The molecule has 1 aliphatic carbocycles. The van der Waals surface area contributed by atoms with Crippen molar-refractivity contribution in [1.29, 1.82) is 0 Å². The van der Waals surface area contributed by atoms with Gasteiger partial charge >= 0.3 is 0 Å². The molecule has 0 aromatic heterocycles. The first-order valence-corrected chi connectivity index (χ1v) is 7.36. The summed E-state index contributed by atoms with van der Waals surface area (Å²) >= 11 is 11.3. The number of carbonyl (C=O) groups is 1. The molecule has 0 saturated heterocycles. The number of allylic oxidation sites excluding steroid dienone is 1. The van der Waals surface area contributed by atoms with Crippen LogP contribution in [-0.2, 0) is 11.2 Å². The summed E-state index contributed by atoms with van der Waals surface area (Å²) in [6.45, 7) is 3.58. The Bertz CT molecular complexity index is 667. The summed E-state index contributed by atoms with van der Waals surface area (Å²) in [4.78, 5) is 22.1. The Morgan fingerprint density at radius 2 is 2.05 bits per heavy atom. The Balaban J connectivity index is 2.40. The zero-order valence-corrected chi connectivity index (χ0v) is 13.5. The van der Waals surface area contributed by atoms with E-state index < -0.39 is 27.6 Å². The fourth-order valence-corrected chi connectivity index (χ4v) is 3.53. The van der Waals surface area contributed by atoms with Crippen LogP contribution in [0.2, 0.25) is 0 Å². The number of halogens is 2. The van der Waals surface area contributed by atoms with E-state index in [1.807, 2.05) is 0 Å². The number of nitro groups is 1. The van der Waals surface area contributed by atoms with Gasteiger partial charge in [-0.15, -0.1) is 0 Å². The van der Waals surface area contributed by atoms with Crippen molar-refractivity contribution < 1.29 is 14.8 Å². The predicted octanol–water partition coefficient (Wildman–Crippen LogP) is 2.85. The summed E-state index contributed by atoms with van der Waals surface area (Å²) in [6, 6.07) is 5.93. The minimum atomic E-state index is -1.21. The molecule has 0 spiro atoms. The average Bonchev–Trinajstić information content (AvgIpc) is 2.86. The van der Waals surface area contributed by atoms with Gasteiger partial charge in [-0.25, -0.2) is 0 Å². The van der Waals surface area contributed by atoms with Gasteiger partial charge in [0.1, 0.15) is 4.49 Å². The maximum Gasteiger partial charge on any atom is 0.269 e. The molecular weight excluding hydrogens is 329 g/mol. The Morgan fingerprint density at radius 3 is 2.55 bits per heavy atom. The largest absolute Gasteiger partial charge is 0.549 e. The highest BCUT2D eigenvalue weighted by atomic mass is 35.5. The van der Waals surface area contributed by atoms with Gasteiger partial charge in [0.25, 0.3) is 5.69 Å². The van der Waals surface area contributed by atoms with Gasteiger partial charge in [0, 0.05) is 23.5 Å². The van der Waals surface area contributed by atoms with Crippen molar-refractivity contribution in [1.82, 2.24) is 0 Å². The Morgan fingerprint density at radius 1 is 1.41 bits per heavy atom. The van der Waals surface area contributed by atoms with Crippen molar-refractivity contribution in [2.75, 3.05) is 0 Å². The van der Waals surface area contributed by atoms with Gasteiger partial charge in [0.05, 0.1) is 4.92 Å². The first kappa shape index (κ1) is 16.8. The lowest BCUT2D eigenvalue weighted by atomic mass is 9.88. The Kier molecular flexibility index (Phi) is 4.24. The van der Waals surface area contributed by atoms with Crippen molar-refractivity contribution in [2.24, 2.45) is 16.7 Å². The molecule has 22 heavy (non-hydrogen) atoms. The molecule has 2 atom stereocenters. The molecule has 0 bridgehead atoms. The minimum Gasteiger partial charge on any atom is -0.549 e. The number of carboxylic acid groups (broad SMARTS) is 1. The van der Waals surface area contributed by atoms with Crippen LogP contribution >= 0.6 is 23.2 Å². The molecule has 1 aromatic carbocycles. The molecule has 0 radical (unpaired) electrons. The van der Waals surface area contributed by atoms with Crippen LogP contribution in [0.1, 0.15) is 19.4 Å². The second-order valence-electron chi connectivity index (χ2n) is 6.02. The van der Waals surface area contributed by atoms with Gasteiger partial charge in [0.15, 0.2) is 0 Å². The van der Waals surface area contributed by atoms with Crippen LogP contribution in [0.5, 0.6) is 0 Å². The van der Waals surface area contributed by atoms with Crippen LogP contribution in [0, 0.1) is 26.9 Å². The molecule has 118 valence electrons. The zero-order chi connectivity index (χ0) is 16.7. The molecule has 7 heteroatoms. The molecule has 0 heterocycles. The molecule has 5 nitrogen and oxygen atoms in total. The Labute approximate surface area is 137 Å². The molecule has 1 saturated carbocycles. The highest BCUT2D eigenvalue weighted by Gasteiger charge is 2.70. The fourth-order valence-electron chi connectivity index (χ4n) is 3.27. The second-order valence-corrected chi connectivity index (χ2v) is 7.03. The number of aliphatic carboxylic acids is 1. The topological polar surface area (TPSA) is 83.3 Å². The number of hydrogen-bond donors (Lipinski definition) is 0. The molecule has 1 fully saturated rings. The van der Waals surface area contributed by atoms with E-state index in [4.69, 9.17) is 23.2 Å². The minimum absolute atomic E-state index is 0.000224. The van der Waals surface area contributed by atoms with E-state index in [-0.39, 0.29) is 16.6 Å². The van der Waals surface area contributed by atoms with Crippen LogP contribution in [0.25, 0.3) is 0 Å². The summed E-state index contributed by atoms with van der Waals surface area (Å²) < 4.78 is 0.000224. The van der Waals surface area contributed by atoms with Crippen molar-refractivity contribution in [2.45, 2.75) is 20.3 Å². The van der Waals surface area contributed by atoms with E-state index in [9.17, 15) is 20.0 Å². The van der Waals surface area contributed by atoms with Gasteiger partial charge in [-0.3, -0.25) is 10.1 Å². The number of carbonyl (C=O) groups excluding carboxylic acids is 1. The number of hydrogen-bond acceptors (Lipinski definition) is 4. The zero-order valence-electron chi connectivity index (χ0n) is 12.0. The normalized spacial score (nSPS) is 25.4. The van der Waals surface area contributed by atoms with Gasteiger partial charge in [-0.05, 0) is 29.4 Å². The third-order valence-electron chi connectivity index (χ3n) is 4.64. The first-order valence-electron chi connectivity index (χ1n) is 6.60. The second kappa shape index (κ2) is 5.56. The van der Waals surface area contributed by atoms with Gasteiger partial charge < -0.3 is 9.90 Å². The van der Waals surface area contributed by atoms with Crippen molar-refractivity contribution in [3.05, 3.63) is 50.5 Å². The smallest absolute Gasteiger partial charge is 0.269 e. The number of nitro benzene ring substituents is 1. The number of benzene rings is 1. The Hall–Kier alpha value is -1.59. The summed E-state index contributed by atoms with van der Waals surface area (Å²) in [5.41, 5.74) is -1.30. The van der Waals surface area contributed by atoms with Crippen molar-refractivity contribution in [3.8, 4) is 0 Å². The molecule has 0 aliphatic heterocycles.